The molecule has 43 heavy (non-hydrogen) atoms. The molecule has 0 saturated heterocycles. The van der Waals surface area contributed by atoms with Crippen molar-refractivity contribution < 1.29 is 21.3 Å². The number of unbranched alkanes of at least 4 members (excludes halogenated alkanes) is 7. The zero-order valence-corrected chi connectivity index (χ0v) is 29.5. The molecule has 0 aliphatic heterocycles. The summed E-state index contributed by atoms with van der Waals surface area (Å²) in [6, 6.07) is 18.2. The molecule has 2 aromatic carbocycles. The number of nitrogens with zero attached hydrogens (tertiary/aromatic N) is 2. The summed E-state index contributed by atoms with van der Waals surface area (Å²) in [4.78, 5) is 3.32. The predicted octanol–water partition coefficient (Wildman–Crippen LogP) is 12.6. The average molecular weight is 630 g/mol. The van der Waals surface area contributed by atoms with Crippen molar-refractivity contribution in [2.24, 2.45) is 0 Å². The molecule has 242 valence electrons. The maximum Gasteiger partial charge on any atom is 2.00 e. The van der Waals surface area contributed by atoms with E-state index in [1.54, 1.807) is 0 Å². The van der Waals surface area contributed by atoms with E-state index in [0.29, 0.717) is 0 Å². The molecule has 0 aliphatic rings. The summed E-state index contributed by atoms with van der Waals surface area (Å²) in [5.41, 5.74) is 18.1. The molecule has 0 saturated carbocycles. The standard InChI is InChI=1S/C32H44N2.2C4H9.Ni/c1-5-9-12-13-15-27-19-23-29(24-20-27)32(28-21-17-26(18-22-28)14-10-6-2)31(8-4)30(25-34-33)16-11-7-3;2*1-3-4-2;/h17-24H,5-16H2,1-4H3;2*1,3-4H2,2H3;/q;2*-1;+2. The van der Waals surface area contributed by atoms with Gasteiger partial charge in [-0.1, -0.05) is 135 Å². The zero-order valence-electron chi connectivity index (χ0n) is 28.6. The van der Waals surface area contributed by atoms with Gasteiger partial charge in [0.05, 0.1) is 5.57 Å². The van der Waals surface area contributed by atoms with Crippen molar-refractivity contribution in [3.05, 3.63) is 101 Å². The van der Waals surface area contributed by atoms with Crippen LogP contribution in [0.1, 0.15) is 154 Å². The Morgan fingerprint density at radius 3 is 1.44 bits per heavy atom. The molecule has 0 bridgehead atoms. The second-order valence-corrected chi connectivity index (χ2v) is 11.0. The van der Waals surface area contributed by atoms with E-state index in [4.69, 9.17) is 0 Å². The van der Waals surface area contributed by atoms with Gasteiger partial charge in [0.1, 0.15) is 0 Å². The number of hydrogen-bond acceptors (Lipinski definition) is 0. The van der Waals surface area contributed by atoms with Gasteiger partial charge in [-0.3, -0.25) is 0 Å². The van der Waals surface area contributed by atoms with E-state index < -0.39 is 0 Å². The zero-order chi connectivity index (χ0) is 31.4. The summed E-state index contributed by atoms with van der Waals surface area (Å²) in [7, 11) is 0. The first-order valence-electron chi connectivity index (χ1n) is 17.0. The van der Waals surface area contributed by atoms with Crippen LogP contribution in [0.5, 0.6) is 0 Å². The molecule has 2 rings (SSSR count). The monoisotopic (exact) mass is 628 g/mol. The SMILES string of the molecule is CCCCCCc1ccc(C(=C(CC)C(=C=[N+]=[N-])CCCC)c2ccc(CCCC)cc2)cc1.[CH2-]CCC.[CH2-]CCC.[Ni+2]. The average Bonchev–Trinajstić information content (AvgIpc) is 3.04. The number of aryl methyl sites for hydroxylation is 2. The summed E-state index contributed by atoms with van der Waals surface area (Å²) in [5.74, 6) is 2.92. The fraction of sp³-hybridized carbons (Fsp3) is 0.550. The minimum absolute atomic E-state index is 0. The van der Waals surface area contributed by atoms with E-state index in [1.165, 1.54) is 84.8 Å². The second-order valence-electron chi connectivity index (χ2n) is 11.0. The Morgan fingerprint density at radius 1 is 0.628 bits per heavy atom. The molecule has 0 radical (unpaired) electrons. The van der Waals surface area contributed by atoms with Crippen LogP contribution < -0.4 is 0 Å². The third kappa shape index (κ3) is 19.0. The Hall–Kier alpha value is -2.17. The maximum absolute atomic E-state index is 9.35. The van der Waals surface area contributed by atoms with E-state index >= 15 is 0 Å². The van der Waals surface area contributed by atoms with Crippen molar-refractivity contribution in [1.29, 1.82) is 0 Å². The van der Waals surface area contributed by atoms with Gasteiger partial charge in [-0.15, -0.1) is 4.79 Å². The fourth-order valence-corrected chi connectivity index (χ4v) is 4.56. The summed E-state index contributed by atoms with van der Waals surface area (Å²) >= 11 is 0. The molecule has 2 nitrogen and oxygen atoms in total. The van der Waals surface area contributed by atoms with Crippen LogP contribution in [-0.4, -0.2) is 10.7 Å². The fourth-order valence-electron chi connectivity index (χ4n) is 4.56. The van der Waals surface area contributed by atoms with Gasteiger partial charge in [0, 0.05) is 0 Å². The number of hydrogen-bond donors (Lipinski definition) is 0. The van der Waals surface area contributed by atoms with Gasteiger partial charge < -0.3 is 19.4 Å². The van der Waals surface area contributed by atoms with Crippen molar-refractivity contribution in [2.75, 3.05) is 0 Å². The molecule has 0 amide bonds. The van der Waals surface area contributed by atoms with E-state index in [9.17, 15) is 5.53 Å². The third-order valence-electron chi connectivity index (χ3n) is 7.32. The van der Waals surface area contributed by atoms with Gasteiger partial charge in [0.25, 0.3) is 0 Å². The first-order chi connectivity index (χ1) is 20.5. The van der Waals surface area contributed by atoms with Gasteiger partial charge in [0.15, 0.2) is 0 Å². The topological polar surface area (TPSA) is 36.4 Å². The number of allylic oxidation sites excluding steroid dienone is 2. The predicted molar refractivity (Wildman–Crippen MR) is 188 cm³/mol. The van der Waals surface area contributed by atoms with Crippen LogP contribution in [0.15, 0.2) is 59.7 Å². The van der Waals surface area contributed by atoms with Gasteiger partial charge in [-0.05, 0) is 78.3 Å². The molecule has 2 aromatic rings. The van der Waals surface area contributed by atoms with Crippen molar-refractivity contribution >= 4 is 11.4 Å². The molecular weight excluding hydrogens is 567 g/mol. The van der Waals surface area contributed by atoms with Crippen LogP contribution in [-0.2, 0) is 29.3 Å². The van der Waals surface area contributed by atoms with E-state index in [2.05, 4.69) is 115 Å². The van der Waals surface area contributed by atoms with E-state index in [-0.39, 0.29) is 16.5 Å². The molecule has 0 unspecified atom stereocenters. The van der Waals surface area contributed by atoms with Crippen LogP contribution >= 0.6 is 0 Å². The van der Waals surface area contributed by atoms with Gasteiger partial charge in [0.2, 0.25) is 0 Å². The van der Waals surface area contributed by atoms with Crippen molar-refractivity contribution in [2.45, 2.75) is 144 Å². The molecule has 0 aromatic heterocycles. The van der Waals surface area contributed by atoms with Crippen LogP contribution in [0.2, 0.25) is 0 Å². The minimum atomic E-state index is 0. The Morgan fingerprint density at radius 2 is 1.07 bits per heavy atom. The first kappa shape index (κ1) is 43.0. The third-order valence-corrected chi connectivity index (χ3v) is 7.32. The Balaban J connectivity index is 0. The smallest absolute Gasteiger partial charge is 0.348 e. The maximum atomic E-state index is 9.35. The van der Waals surface area contributed by atoms with Crippen LogP contribution in [0.4, 0.5) is 0 Å². The Kier molecular flexibility index (Phi) is 29.9. The number of benzene rings is 2. The van der Waals surface area contributed by atoms with Crippen LogP contribution in [0.3, 0.4) is 0 Å². The molecular formula is C40H62N2Ni. The van der Waals surface area contributed by atoms with Crippen LogP contribution in [0.25, 0.3) is 11.1 Å². The Labute approximate surface area is 277 Å². The molecule has 0 fully saturated rings. The summed E-state index contributed by atoms with van der Waals surface area (Å²) < 4.78 is 0. The van der Waals surface area contributed by atoms with Crippen LogP contribution in [0, 0.1) is 13.8 Å². The van der Waals surface area contributed by atoms with Crippen molar-refractivity contribution in [3.8, 4) is 0 Å². The Bertz CT molecular complexity index is 1030. The molecule has 0 atom stereocenters. The molecule has 0 heterocycles. The molecule has 0 N–H and O–H groups in total. The van der Waals surface area contributed by atoms with Gasteiger partial charge >= 0.3 is 22.4 Å². The minimum Gasteiger partial charge on any atom is -0.348 e. The molecule has 0 spiro atoms. The first-order valence-corrected chi connectivity index (χ1v) is 17.0. The summed E-state index contributed by atoms with van der Waals surface area (Å²) in [6.07, 6.45) is 18.3. The molecule has 3 heteroatoms. The normalized spacial score (nSPS) is 10.5. The molecule has 0 aliphatic carbocycles. The van der Waals surface area contributed by atoms with E-state index in [0.717, 1.165) is 56.9 Å². The quantitative estimate of drug-likeness (QED) is 0.0318. The van der Waals surface area contributed by atoms with Crippen molar-refractivity contribution in [3.63, 3.8) is 0 Å². The summed E-state index contributed by atoms with van der Waals surface area (Å²) in [5, 5.41) is 0. The van der Waals surface area contributed by atoms with Crippen molar-refractivity contribution in [1.82, 2.24) is 0 Å². The number of rotatable bonds is 17. The van der Waals surface area contributed by atoms with E-state index in [1.807, 2.05) is 0 Å². The largest absolute Gasteiger partial charge is 2.00 e. The van der Waals surface area contributed by atoms with Gasteiger partial charge in [-0.25, -0.2) is 0 Å². The summed E-state index contributed by atoms with van der Waals surface area (Å²) in [6.45, 7) is 20.3. The second kappa shape index (κ2) is 29.9. The van der Waals surface area contributed by atoms with Gasteiger partial charge in [-0.2, -0.15) is 12.8 Å².